The van der Waals surface area contributed by atoms with E-state index in [0.29, 0.717) is 17.4 Å². The third-order valence-corrected chi connectivity index (χ3v) is 6.29. The van der Waals surface area contributed by atoms with Gasteiger partial charge < -0.3 is 9.84 Å². The lowest BCUT2D eigenvalue weighted by molar-refractivity contribution is 0.0693. The van der Waals surface area contributed by atoms with Crippen LogP contribution in [0.25, 0.3) is 0 Å². The number of fused-ring (bicyclic) bond motifs is 1. The summed E-state index contributed by atoms with van der Waals surface area (Å²) < 4.78 is 5.62. The van der Waals surface area contributed by atoms with Crippen LogP contribution in [0.5, 0.6) is 5.75 Å². The molecule has 1 heterocycles. The summed E-state index contributed by atoms with van der Waals surface area (Å²) in [5, 5.41) is 9.73. The van der Waals surface area contributed by atoms with E-state index in [1.807, 2.05) is 27.7 Å². The van der Waals surface area contributed by atoms with Crippen LogP contribution in [0.4, 0.5) is 0 Å². The summed E-state index contributed by atoms with van der Waals surface area (Å²) in [6, 6.07) is 5.30. The smallest absolute Gasteiger partial charge is 0.336 e. The lowest BCUT2D eigenvalue weighted by Crippen LogP contribution is -2.23. The van der Waals surface area contributed by atoms with Crippen molar-refractivity contribution in [3.63, 3.8) is 0 Å². The van der Waals surface area contributed by atoms with Crippen molar-refractivity contribution in [2.24, 2.45) is 0 Å². The van der Waals surface area contributed by atoms with Gasteiger partial charge in [-0.05, 0) is 18.6 Å². The van der Waals surface area contributed by atoms with Crippen LogP contribution in [0.3, 0.4) is 0 Å². The van der Waals surface area contributed by atoms with E-state index in [2.05, 4.69) is 13.8 Å². The van der Waals surface area contributed by atoms with Gasteiger partial charge in [0.05, 0.1) is 12.2 Å². The van der Waals surface area contributed by atoms with Gasteiger partial charge in [-0.1, -0.05) is 41.5 Å². The van der Waals surface area contributed by atoms with Crippen LogP contribution in [0, 0.1) is 0 Å². The van der Waals surface area contributed by atoms with Crippen LogP contribution in [-0.2, 0) is 0 Å². The third kappa shape index (κ3) is 3.20. The number of carboxylic acids is 1. The van der Waals surface area contributed by atoms with E-state index in [-0.39, 0.29) is 5.92 Å². The average molecular weight is 298 g/mol. The summed E-state index contributed by atoms with van der Waals surface area (Å²) in [5.41, 5.74) is 1.26. The van der Waals surface area contributed by atoms with Crippen molar-refractivity contribution >= 4 is 27.6 Å². The van der Waals surface area contributed by atoms with E-state index in [4.69, 9.17) is 4.74 Å². The van der Waals surface area contributed by atoms with Gasteiger partial charge in [0, 0.05) is 22.5 Å². The minimum absolute atomic E-state index is 0.250. The molecular formula is C14H18O3S2. The van der Waals surface area contributed by atoms with Gasteiger partial charge in [0.25, 0.3) is 0 Å². The van der Waals surface area contributed by atoms with Crippen LogP contribution in [0.15, 0.2) is 18.2 Å². The fourth-order valence-corrected chi connectivity index (χ4v) is 4.60. The van der Waals surface area contributed by atoms with Crippen molar-refractivity contribution in [1.29, 1.82) is 0 Å². The Morgan fingerprint density at radius 2 is 2.37 bits per heavy atom. The summed E-state index contributed by atoms with van der Waals surface area (Å²) in [6.07, 6.45) is 0.885. The second-order valence-electron chi connectivity index (χ2n) is 4.47. The number of rotatable bonds is 5. The molecule has 0 bridgehead atoms. The quantitative estimate of drug-likeness (QED) is 0.831. The van der Waals surface area contributed by atoms with E-state index in [1.165, 1.54) is 0 Å². The molecule has 0 amide bonds. The molecule has 5 heteroatoms. The summed E-state index contributed by atoms with van der Waals surface area (Å²) in [4.78, 5) is 11.4. The van der Waals surface area contributed by atoms with Gasteiger partial charge >= 0.3 is 5.97 Å². The summed E-state index contributed by atoms with van der Waals surface area (Å²) >= 11 is 0. The molecule has 2 atom stereocenters. The summed E-state index contributed by atoms with van der Waals surface area (Å²) in [6.45, 7) is 4.97. The Balaban J connectivity index is 2.33. The van der Waals surface area contributed by atoms with Crippen LogP contribution < -0.4 is 4.74 Å². The van der Waals surface area contributed by atoms with Crippen molar-refractivity contribution < 1.29 is 14.6 Å². The van der Waals surface area contributed by atoms with Crippen LogP contribution >= 0.6 is 21.6 Å². The molecule has 2 unspecified atom stereocenters. The van der Waals surface area contributed by atoms with Gasteiger partial charge in [-0.3, -0.25) is 0 Å². The Hall–Kier alpha value is -0.810. The number of ether oxygens (including phenoxy) is 1. The van der Waals surface area contributed by atoms with Gasteiger partial charge in [-0.25, -0.2) is 4.79 Å². The van der Waals surface area contributed by atoms with Gasteiger partial charge in [0.1, 0.15) is 5.75 Å². The average Bonchev–Trinajstić information content (AvgIpc) is 2.43. The molecule has 1 aromatic carbocycles. The predicted octanol–water partition coefficient (Wildman–Crippen LogP) is 4.04. The van der Waals surface area contributed by atoms with Gasteiger partial charge in [-0.15, -0.1) is 0 Å². The monoisotopic (exact) mass is 298 g/mol. The molecule has 1 aliphatic rings. The minimum atomic E-state index is -0.868. The van der Waals surface area contributed by atoms with Gasteiger partial charge in [0.15, 0.2) is 0 Å². The van der Waals surface area contributed by atoms with E-state index in [9.17, 15) is 9.90 Å². The van der Waals surface area contributed by atoms with Crippen molar-refractivity contribution in [2.45, 2.75) is 31.4 Å². The normalized spacial score (nSPS) is 19.4. The Labute approximate surface area is 121 Å². The van der Waals surface area contributed by atoms with E-state index < -0.39 is 5.97 Å². The van der Waals surface area contributed by atoms with E-state index >= 15 is 0 Å². The summed E-state index contributed by atoms with van der Waals surface area (Å²) in [7, 11) is 3.66. The van der Waals surface area contributed by atoms with E-state index in [1.54, 1.807) is 12.1 Å². The Bertz CT molecular complexity index is 462. The zero-order chi connectivity index (χ0) is 13.8. The van der Waals surface area contributed by atoms with Crippen molar-refractivity contribution in [3.05, 3.63) is 29.3 Å². The highest BCUT2D eigenvalue weighted by Gasteiger charge is 2.31. The fraction of sp³-hybridized carbons (Fsp3) is 0.500. The van der Waals surface area contributed by atoms with Gasteiger partial charge in [0.2, 0.25) is 0 Å². The maximum Gasteiger partial charge on any atom is 0.336 e. The number of benzene rings is 1. The molecule has 0 aliphatic carbocycles. The second kappa shape index (κ2) is 6.57. The number of hydrogen-bond donors (Lipinski definition) is 1. The predicted molar refractivity (Wildman–Crippen MR) is 81.4 cm³/mol. The molecule has 0 spiro atoms. The van der Waals surface area contributed by atoms with E-state index in [0.717, 1.165) is 23.5 Å². The van der Waals surface area contributed by atoms with Crippen LogP contribution in [0.2, 0.25) is 0 Å². The Kier molecular flexibility index (Phi) is 5.05. The Morgan fingerprint density at radius 3 is 3.05 bits per heavy atom. The lowest BCUT2D eigenvalue weighted by atomic mass is 9.87. The highest BCUT2D eigenvalue weighted by atomic mass is 33.1. The highest BCUT2D eigenvalue weighted by molar-refractivity contribution is 8.76. The molecule has 3 nitrogen and oxygen atoms in total. The molecule has 0 fully saturated rings. The maximum absolute atomic E-state index is 11.4. The topological polar surface area (TPSA) is 46.5 Å². The first-order valence-corrected chi connectivity index (χ1v) is 8.80. The third-order valence-electron chi connectivity index (χ3n) is 3.26. The number of carbonyl (C=O) groups is 1. The summed E-state index contributed by atoms with van der Waals surface area (Å²) in [5.74, 6) is 1.18. The molecule has 2 rings (SSSR count). The number of aromatic carboxylic acids is 1. The molecule has 0 saturated carbocycles. The molecule has 0 aromatic heterocycles. The van der Waals surface area contributed by atoms with Crippen molar-refractivity contribution in [2.75, 3.05) is 12.4 Å². The standard InChI is InChI=1S/C14H18O3S2/c1-3-18-19-9(2)10-7-8-17-12-6-4-5-11(13(10)12)14(15)16/h4-6,9-10H,3,7-8H2,1-2H3,(H,15,16). The van der Waals surface area contributed by atoms with Crippen LogP contribution in [0.1, 0.15) is 42.1 Å². The first-order valence-electron chi connectivity index (χ1n) is 6.42. The van der Waals surface area contributed by atoms with Crippen molar-refractivity contribution in [3.8, 4) is 5.75 Å². The zero-order valence-corrected chi connectivity index (χ0v) is 12.7. The first kappa shape index (κ1) is 14.6. The minimum Gasteiger partial charge on any atom is -0.493 e. The largest absolute Gasteiger partial charge is 0.493 e. The SMILES string of the molecule is CCSSC(C)C1CCOc2cccc(C(=O)O)c21. The second-order valence-corrected chi connectivity index (χ2v) is 7.51. The van der Waals surface area contributed by atoms with Crippen molar-refractivity contribution in [1.82, 2.24) is 0 Å². The lowest BCUT2D eigenvalue weighted by Gasteiger charge is -2.30. The molecule has 19 heavy (non-hydrogen) atoms. The van der Waals surface area contributed by atoms with Gasteiger partial charge in [-0.2, -0.15) is 0 Å². The molecule has 0 saturated heterocycles. The highest BCUT2D eigenvalue weighted by Crippen LogP contribution is 2.44. The maximum atomic E-state index is 11.4. The first-order chi connectivity index (χ1) is 9.15. The molecular weight excluding hydrogens is 280 g/mol. The molecule has 0 radical (unpaired) electrons. The molecule has 104 valence electrons. The molecule has 1 N–H and O–H groups in total. The number of hydrogen-bond acceptors (Lipinski definition) is 4. The Morgan fingerprint density at radius 1 is 1.58 bits per heavy atom. The fourth-order valence-electron chi connectivity index (χ4n) is 2.39. The number of carboxylic acid groups (broad SMARTS) is 1. The zero-order valence-electron chi connectivity index (χ0n) is 11.1. The molecule has 1 aromatic rings. The van der Waals surface area contributed by atoms with Crippen LogP contribution in [-0.4, -0.2) is 28.7 Å². The molecule has 1 aliphatic heterocycles.